The van der Waals surface area contributed by atoms with Crippen LogP contribution in [0.15, 0.2) is 35.4 Å². The number of hydrogen-bond acceptors (Lipinski definition) is 3. The lowest BCUT2D eigenvalue weighted by atomic mass is 10.1. The monoisotopic (exact) mass is 181 g/mol. The molecule has 0 saturated heterocycles. The van der Waals surface area contributed by atoms with E-state index in [0.29, 0.717) is 11.3 Å². The molecule has 1 rings (SSSR count). The van der Waals surface area contributed by atoms with Crippen molar-refractivity contribution < 1.29 is 10.2 Å². The first kappa shape index (κ1) is 9.86. The summed E-state index contributed by atoms with van der Waals surface area (Å²) in [5.74, 6) is 0.0723. The molecule has 0 aliphatic carbocycles. The Labute approximate surface area is 78.3 Å². The molecule has 0 spiro atoms. The van der Waals surface area contributed by atoms with Gasteiger partial charge in [0.25, 0.3) is 0 Å². The van der Waals surface area contributed by atoms with Gasteiger partial charge in [0.05, 0.1) is 11.8 Å². The Kier molecular flexibility index (Phi) is 2.48. The summed E-state index contributed by atoms with van der Waals surface area (Å²) in [6.45, 7) is 7.21. The van der Waals surface area contributed by atoms with Gasteiger partial charge in [-0.3, -0.25) is 0 Å². The molecular formula is C10H15NO2. The van der Waals surface area contributed by atoms with Crippen LogP contribution in [0.4, 0.5) is 0 Å². The lowest BCUT2D eigenvalue weighted by molar-refractivity contribution is 0.187. The molecule has 0 saturated carbocycles. The van der Waals surface area contributed by atoms with E-state index in [-0.39, 0.29) is 5.76 Å². The van der Waals surface area contributed by atoms with Crippen molar-refractivity contribution >= 4 is 0 Å². The van der Waals surface area contributed by atoms with E-state index in [1.807, 2.05) is 6.92 Å². The van der Waals surface area contributed by atoms with E-state index in [0.717, 1.165) is 5.70 Å². The molecule has 0 bridgehead atoms. The van der Waals surface area contributed by atoms with E-state index in [2.05, 4.69) is 6.58 Å². The van der Waals surface area contributed by atoms with Crippen molar-refractivity contribution in [3.8, 4) is 0 Å². The number of nitrogens with zero attached hydrogens (tertiary/aromatic N) is 1. The Morgan fingerprint density at radius 2 is 2.08 bits per heavy atom. The second kappa shape index (κ2) is 3.26. The molecule has 1 unspecified atom stereocenters. The van der Waals surface area contributed by atoms with Gasteiger partial charge in [-0.05, 0) is 19.9 Å². The molecule has 1 atom stereocenters. The van der Waals surface area contributed by atoms with E-state index in [9.17, 15) is 10.2 Å². The van der Waals surface area contributed by atoms with Crippen molar-refractivity contribution in [2.45, 2.75) is 20.0 Å². The third kappa shape index (κ3) is 1.60. The minimum absolute atomic E-state index is 0.0723. The Hall–Kier alpha value is -1.22. The van der Waals surface area contributed by atoms with Crippen LogP contribution in [0, 0.1) is 0 Å². The second-order valence-corrected chi connectivity index (χ2v) is 3.28. The van der Waals surface area contributed by atoms with Gasteiger partial charge in [0.2, 0.25) is 0 Å². The van der Waals surface area contributed by atoms with Gasteiger partial charge in [-0.15, -0.1) is 0 Å². The summed E-state index contributed by atoms with van der Waals surface area (Å²) < 4.78 is 0. The predicted octanol–water partition coefficient (Wildman–Crippen LogP) is 1.54. The SMILES string of the molecule is C=C1C=C(C)N(C)C(C(C)O)=C1O. The quantitative estimate of drug-likeness (QED) is 0.645. The molecule has 0 fully saturated rings. The van der Waals surface area contributed by atoms with Crippen LogP contribution in [0.25, 0.3) is 0 Å². The van der Waals surface area contributed by atoms with Crippen molar-refractivity contribution in [2.24, 2.45) is 0 Å². The molecule has 1 heterocycles. The maximum atomic E-state index is 9.63. The highest BCUT2D eigenvalue weighted by Crippen LogP contribution is 2.26. The topological polar surface area (TPSA) is 43.7 Å². The molecule has 72 valence electrons. The first-order valence-corrected chi connectivity index (χ1v) is 4.17. The first-order valence-electron chi connectivity index (χ1n) is 4.17. The Bertz CT molecular complexity index is 300. The normalized spacial score (nSPS) is 20.5. The van der Waals surface area contributed by atoms with Crippen LogP contribution in [0.2, 0.25) is 0 Å². The van der Waals surface area contributed by atoms with Gasteiger partial charge < -0.3 is 15.1 Å². The van der Waals surface area contributed by atoms with Crippen molar-refractivity contribution in [3.05, 3.63) is 35.4 Å². The van der Waals surface area contributed by atoms with Crippen LogP contribution in [-0.4, -0.2) is 28.3 Å². The van der Waals surface area contributed by atoms with Crippen molar-refractivity contribution in [1.82, 2.24) is 4.90 Å². The molecule has 13 heavy (non-hydrogen) atoms. The molecule has 0 aromatic heterocycles. The minimum atomic E-state index is -0.689. The fraction of sp³-hybridized carbons (Fsp3) is 0.400. The van der Waals surface area contributed by atoms with Crippen LogP contribution in [-0.2, 0) is 0 Å². The molecule has 0 aromatic carbocycles. The average Bonchev–Trinajstić information content (AvgIpc) is 2.01. The number of hydrogen-bond donors (Lipinski definition) is 2. The summed E-state index contributed by atoms with van der Waals surface area (Å²) in [7, 11) is 1.80. The van der Waals surface area contributed by atoms with Gasteiger partial charge in [0, 0.05) is 18.3 Å². The summed E-state index contributed by atoms with van der Waals surface area (Å²) in [6, 6.07) is 0. The van der Waals surface area contributed by atoms with Crippen LogP contribution in [0.5, 0.6) is 0 Å². The van der Waals surface area contributed by atoms with E-state index in [1.54, 1.807) is 24.9 Å². The van der Waals surface area contributed by atoms with Gasteiger partial charge in [0.1, 0.15) is 5.76 Å². The maximum Gasteiger partial charge on any atom is 0.144 e. The average molecular weight is 181 g/mol. The van der Waals surface area contributed by atoms with Crippen LogP contribution < -0.4 is 0 Å². The van der Waals surface area contributed by atoms with Gasteiger partial charge in [-0.25, -0.2) is 0 Å². The summed E-state index contributed by atoms with van der Waals surface area (Å²) in [6.07, 6.45) is 1.09. The molecule has 0 amide bonds. The van der Waals surface area contributed by atoms with Crippen LogP contribution >= 0.6 is 0 Å². The van der Waals surface area contributed by atoms with E-state index >= 15 is 0 Å². The Morgan fingerprint density at radius 1 is 1.54 bits per heavy atom. The zero-order chi connectivity index (χ0) is 10.2. The van der Waals surface area contributed by atoms with Crippen LogP contribution in [0.3, 0.4) is 0 Å². The summed E-state index contributed by atoms with van der Waals surface area (Å²) in [5, 5.41) is 19.1. The molecule has 1 aliphatic heterocycles. The molecule has 1 aliphatic rings. The molecular weight excluding hydrogens is 166 g/mol. The first-order chi connectivity index (χ1) is 5.95. The zero-order valence-corrected chi connectivity index (χ0v) is 8.20. The highest BCUT2D eigenvalue weighted by Gasteiger charge is 2.22. The third-order valence-corrected chi connectivity index (χ3v) is 2.22. The smallest absolute Gasteiger partial charge is 0.144 e. The molecule has 0 radical (unpaired) electrons. The Morgan fingerprint density at radius 3 is 2.54 bits per heavy atom. The number of rotatable bonds is 1. The van der Waals surface area contributed by atoms with Crippen molar-refractivity contribution in [1.29, 1.82) is 0 Å². The van der Waals surface area contributed by atoms with E-state index in [1.165, 1.54) is 0 Å². The van der Waals surface area contributed by atoms with Crippen molar-refractivity contribution in [2.75, 3.05) is 7.05 Å². The fourth-order valence-electron chi connectivity index (χ4n) is 1.41. The predicted molar refractivity (Wildman–Crippen MR) is 52.0 cm³/mol. The minimum Gasteiger partial charge on any atom is -0.505 e. The molecule has 3 heteroatoms. The highest BCUT2D eigenvalue weighted by atomic mass is 16.3. The summed E-state index contributed by atoms with van der Waals surface area (Å²) >= 11 is 0. The third-order valence-electron chi connectivity index (χ3n) is 2.22. The number of allylic oxidation sites excluding steroid dienone is 2. The lowest BCUT2D eigenvalue weighted by Gasteiger charge is -2.30. The van der Waals surface area contributed by atoms with Crippen molar-refractivity contribution in [3.63, 3.8) is 0 Å². The van der Waals surface area contributed by atoms with Gasteiger partial charge >= 0.3 is 0 Å². The van der Waals surface area contributed by atoms with Gasteiger partial charge in [0.15, 0.2) is 0 Å². The molecule has 3 nitrogen and oxygen atoms in total. The fourth-order valence-corrected chi connectivity index (χ4v) is 1.41. The van der Waals surface area contributed by atoms with E-state index < -0.39 is 6.10 Å². The molecule has 0 aromatic rings. The standard InChI is InChI=1S/C10H15NO2/c1-6-5-7(2)11(4)9(8(3)12)10(6)13/h5,8,12-13H,1H2,2-4H3. The van der Waals surface area contributed by atoms with E-state index in [4.69, 9.17) is 0 Å². The molecule has 2 N–H and O–H groups in total. The highest BCUT2D eigenvalue weighted by molar-refractivity contribution is 5.43. The summed E-state index contributed by atoms with van der Waals surface area (Å²) in [4.78, 5) is 1.76. The Balaban J connectivity index is 3.15. The number of likely N-dealkylation sites (N-methyl/N-ethyl adjacent to an activating group) is 1. The van der Waals surface area contributed by atoms with Crippen LogP contribution in [0.1, 0.15) is 13.8 Å². The number of aliphatic hydroxyl groups excluding tert-OH is 2. The lowest BCUT2D eigenvalue weighted by Crippen LogP contribution is -2.28. The number of aliphatic hydroxyl groups is 2. The summed E-state index contributed by atoms with van der Waals surface area (Å²) in [5.41, 5.74) is 2.01. The largest absolute Gasteiger partial charge is 0.505 e. The maximum absolute atomic E-state index is 9.63. The second-order valence-electron chi connectivity index (χ2n) is 3.28. The zero-order valence-electron chi connectivity index (χ0n) is 8.20. The van der Waals surface area contributed by atoms with Gasteiger partial charge in [-0.1, -0.05) is 6.58 Å². The van der Waals surface area contributed by atoms with Gasteiger partial charge in [-0.2, -0.15) is 0 Å².